The first-order valence-corrected chi connectivity index (χ1v) is 7.41. The van der Waals surface area contributed by atoms with Crippen LogP contribution < -0.4 is 0 Å². The molecule has 21 heavy (non-hydrogen) atoms. The lowest BCUT2D eigenvalue weighted by Gasteiger charge is -2.08. The van der Waals surface area contributed by atoms with Crippen LogP contribution in [-0.2, 0) is 6.42 Å². The van der Waals surface area contributed by atoms with Crippen molar-refractivity contribution < 1.29 is 8.78 Å². The van der Waals surface area contributed by atoms with Gasteiger partial charge in [-0.25, -0.2) is 8.78 Å². The lowest BCUT2D eigenvalue weighted by Crippen LogP contribution is -1.92. The molecule has 3 rings (SSSR count). The smallest absolute Gasteiger partial charge is 0.166 e. The SMILES string of the molecule is CCCCc1ccc2cc3cc(C)c(F)c(F)c3cc2c1. The van der Waals surface area contributed by atoms with Gasteiger partial charge in [0, 0.05) is 5.39 Å². The maximum absolute atomic E-state index is 14.1. The van der Waals surface area contributed by atoms with Gasteiger partial charge in [0.1, 0.15) is 0 Å². The van der Waals surface area contributed by atoms with E-state index in [1.165, 1.54) is 5.56 Å². The van der Waals surface area contributed by atoms with Crippen LogP contribution in [0.2, 0.25) is 0 Å². The Morgan fingerprint density at radius 1 is 0.857 bits per heavy atom. The van der Waals surface area contributed by atoms with Crippen molar-refractivity contribution in [2.75, 3.05) is 0 Å². The van der Waals surface area contributed by atoms with E-state index in [1.54, 1.807) is 19.1 Å². The third-order valence-corrected chi connectivity index (χ3v) is 4.04. The van der Waals surface area contributed by atoms with Gasteiger partial charge >= 0.3 is 0 Å². The van der Waals surface area contributed by atoms with E-state index in [4.69, 9.17) is 0 Å². The molecule has 0 atom stereocenters. The van der Waals surface area contributed by atoms with Crippen LogP contribution in [0.5, 0.6) is 0 Å². The summed E-state index contributed by atoms with van der Waals surface area (Å²) >= 11 is 0. The van der Waals surface area contributed by atoms with Crippen LogP contribution >= 0.6 is 0 Å². The lowest BCUT2D eigenvalue weighted by molar-refractivity contribution is 0.511. The van der Waals surface area contributed by atoms with Gasteiger partial charge in [0.15, 0.2) is 11.6 Å². The molecule has 108 valence electrons. The quantitative estimate of drug-likeness (QED) is 0.523. The Hall–Kier alpha value is -1.96. The van der Waals surface area contributed by atoms with Gasteiger partial charge in [0.05, 0.1) is 0 Å². The summed E-state index contributed by atoms with van der Waals surface area (Å²) in [5, 5.41) is 3.14. The van der Waals surface area contributed by atoms with Crippen molar-refractivity contribution in [3.8, 4) is 0 Å². The highest BCUT2D eigenvalue weighted by molar-refractivity contribution is 5.99. The van der Waals surface area contributed by atoms with E-state index in [0.29, 0.717) is 10.9 Å². The molecule has 0 spiro atoms. The van der Waals surface area contributed by atoms with Crippen molar-refractivity contribution in [2.24, 2.45) is 0 Å². The third-order valence-electron chi connectivity index (χ3n) is 4.04. The van der Waals surface area contributed by atoms with E-state index in [2.05, 4.69) is 25.1 Å². The summed E-state index contributed by atoms with van der Waals surface area (Å²) in [5.74, 6) is -1.49. The van der Waals surface area contributed by atoms with E-state index < -0.39 is 11.6 Å². The van der Waals surface area contributed by atoms with Crippen LogP contribution in [0.1, 0.15) is 30.9 Å². The minimum absolute atomic E-state index is 0.346. The number of halogens is 2. The summed E-state index contributed by atoms with van der Waals surface area (Å²) in [6.07, 6.45) is 3.31. The molecular weight excluding hydrogens is 266 g/mol. The number of benzene rings is 3. The molecule has 0 bridgehead atoms. The Kier molecular flexibility index (Phi) is 3.62. The molecule has 0 nitrogen and oxygen atoms in total. The van der Waals surface area contributed by atoms with Crippen LogP contribution in [-0.4, -0.2) is 0 Å². The fourth-order valence-corrected chi connectivity index (χ4v) is 2.80. The third kappa shape index (κ3) is 2.51. The summed E-state index contributed by atoms with van der Waals surface area (Å²) in [6.45, 7) is 3.75. The molecule has 3 aromatic carbocycles. The first-order valence-electron chi connectivity index (χ1n) is 7.41. The van der Waals surface area contributed by atoms with Gasteiger partial charge in [-0.05, 0) is 65.3 Å². The normalized spacial score (nSPS) is 11.4. The van der Waals surface area contributed by atoms with Crippen LogP contribution in [0.15, 0.2) is 36.4 Å². The lowest BCUT2D eigenvalue weighted by atomic mass is 9.98. The fraction of sp³-hybridized carbons (Fsp3) is 0.263. The molecule has 2 heteroatoms. The second-order valence-electron chi connectivity index (χ2n) is 5.68. The average molecular weight is 284 g/mol. The summed E-state index contributed by atoms with van der Waals surface area (Å²) in [4.78, 5) is 0. The van der Waals surface area contributed by atoms with Crippen LogP contribution in [0.4, 0.5) is 8.78 Å². The molecule has 0 radical (unpaired) electrons. The monoisotopic (exact) mass is 284 g/mol. The molecular formula is C19H18F2. The highest BCUT2D eigenvalue weighted by Gasteiger charge is 2.11. The highest BCUT2D eigenvalue weighted by atomic mass is 19.2. The van der Waals surface area contributed by atoms with E-state index in [9.17, 15) is 8.78 Å². The second-order valence-corrected chi connectivity index (χ2v) is 5.68. The molecule has 0 N–H and O–H groups in total. The maximum atomic E-state index is 14.1. The predicted octanol–water partition coefficient (Wildman–Crippen LogP) is 5.92. The van der Waals surface area contributed by atoms with Crippen molar-refractivity contribution in [1.29, 1.82) is 0 Å². The van der Waals surface area contributed by atoms with E-state index in [1.807, 2.05) is 6.07 Å². The zero-order chi connectivity index (χ0) is 15.0. The molecule has 0 aliphatic heterocycles. The van der Waals surface area contributed by atoms with Gasteiger partial charge in [0.25, 0.3) is 0 Å². The maximum Gasteiger partial charge on any atom is 0.166 e. The summed E-state index contributed by atoms with van der Waals surface area (Å²) < 4.78 is 27.8. The minimum Gasteiger partial charge on any atom is -0.203 e. The predicted molar refractivity (Wildman–Crippen MR) is 84.7 cm³/mol. The van der Waals surface area contributed by atoms with Crippen molar-refractivity contribution in [3.63, 3.8) is 0 Å². The van der Waals surface area contributed by atoms with Crippen molar-refractivity contribution >= 4 is 21.5 Å². The summed E-state index contributed by atoms with van der Waals surface area (Å²) in [5.41, 5.74) is 1.59. The summed E-state index contributed by atoms with van der Waals surface area (Å²) in [6, 6.07) is 11.7. The van der Waals surface area contributed by atoms with Gasteiger partial charge < -0.3 is 0 Å². The van der Waals surface area contributed by atoms with E-state index in [0.717, 1.165) is 35.4 Å². The van der Waals surface area contributed by atoms with Crippen LogP contribution in [0.3, 0.4) is 0 Å². The van der Waals surface area contributed by atoms with Crippen molar-refractivity contribution in [3.05, 3.63) is 59.2 Å². The zero-order valence-corrected chi connectivity index (χ0v) is 12.3. The van der Waals surface area contributed by atoms with Crippen LogP contribution in [0, 0.1) is 18.6 Å². The van der Waals surface area contributed by atoms with Gasteiger partial charge in [-0.2, -0.15) is 0 Å². The fourth-order valence-electron chi connectivity index (χ4n) is 2.80. The molecule has 0 heterocycles. The number of unbranched alkanes of at least 4 members (excludes halogenated alkanes) is 1. The Morgan fingerprint density at radius 2 is 1.67 bits per heavy atom. The molecule has 0 aliphatic rings. The Bertz CT molecular complexity index is 819. The minimum atomic E-state index is -0.746. The molecule has 3 aromatic rings. The number of aryl methyl sites for hydroxylation is 2. The van der Waals surface area contributed by atoms with E-state index >= 15 is 0 Å². The van der Waals surface area contributed by atoms with E-state index in [-0.39, 0.29) is 0 Å². The topological polar surface area (TPSA) is 0 Å². The molecule has 0 fully saturated rings. The number of hydrogen-bond acceptors (Lipinski definition) is 0. The van der Waals surface area contributed by atoms with Gasteiger partial charge in [-0.15, -0.1) is 0 Å². The molecule has 0 aromatic heterocycles. The zero-order valence-electron chi connectivity index (χ0n) is 12.3. The van der Waals surface area contributed by atoms with Gasteiger partial charge in [0.2, 0.25) is 0 Å². The van der Waals surface area contributed by atoms with Crippen molar-refractivity contribution in [1.82, 2.24) is 0 Å². The molecule has 0 unspecified atom stereocenters. The Balaban J connectivity index is 2.21. The first kappa shape index (κ1) is 14.0. The first-order chi connectivity index (χ1) is 10.1. The highest BCUT2D eigenvalue weighted by Crippen LogP contribution is 2.29. The number of rotatable bonds is 3. The molecule has 0 saturated carbocycles. The van der Waals surface area contributed by atoms with Gasteiger partial charge in [-0.3, -0.25) is 0 Å². The van der Waals surface area contributed by atoms with Crippen molar-refractivity contribution in [2.45, 2.75) is 33.1 Å². The summed E-state index contributed by atoms with van der Waals surface area (Å²) in [7, 11) is 0. The Labute approximate surface area is 123 Å². The molecule has 0 amide bonds. The van der Waals surface area contributed by atoms with Crippen LogP contribution in [0.25, 0.3) is 21.5 Å². The Morgan fingerprint density at radius 3 is 2.43 bits per heavy atom. The molecule has 0 saturated heterocycles. The average Bonchev–Trinajstić information content (AvgIpc) is 2.49. The number of hydrogen-bond donors (Lipinski definition) is 0. The largest absolute Gasteiger partial charge is 0.203 e. The number of fused-ring (bicyclic) bond motifs is 2. The van der Waals surface area contributed by atoms with Gasteiger partial charge in [-0.1, -0.05) is 31.5 Å². The standard InChI is InChI=1S/C19H18F2/c1-3-4-5-13-6-7-14-10-16-8-12(2)18(20)19(21)17(16)11-15(14)9-13/h6-11H,3-5H2,1-2H3. The second kappa shape index (κ2) is 5.44. The molecule has 0 aliphatic carbocycles.